The molecule has 6 heteroatoms. The van der Waals surface area contributed by atoms with Crippen molar-refractivity contribution in [3.05, 3.63) is 39.2 Å². The molecule has 0 radical (unpaired) electrons. The molecule has 1 saturated heterocycles. The molecule has 2 aliphatic rings. The van der Waals surface area contributed by atoms with E-state index in [1.807, 2.05) is 44.2 Å². The van der Waals surface area contributed by atoms with Gasteiger partial charge >= 0.3 is 0 Å². The van der Waals surface area contributed by atoms with Crippen molar-refractivity contribution in [1.82, 2.24) is 4.90 Å². The van der Waals surface area contributed by atoms with Gasteiger partial charge in [-0.3, -0.25) is 4.79 Å². The molecule has 0 N–H and O–H groups in total. The number of carbonyl (C=O) groups excluding carboxylic acids is 1. The number of carbonyl (C=O) groups is 1. The van der Waals surface area contributed by atoms with Crippen LogP contribution in [0.15, 0.2) is 38.6 Å². The summed E-state index contributed by atoms with van der Waals surface area (Å²) < 4.78 is 6.72. The summed E-state index contributed by atoms with van der Waals surface area (Å²) in [6.07, 6.45) is 2.20. The molecule has 0 saturated carbocycles. The molecule has 22 heavy (non-hydrogen) atoms. The van der Waals surface area contributed by atoms with E-state index >= 15 is 0 Å². The fourth-order valence-corrected chi connectivity index (χ4v) is 3.96. The largest absolute Gasteiger partial charge is 0.372 e. The highest BCUT2D eigenvalue weighted by Crippen LogP contribution is 2.31. The van der Waals surface area contributed by atoms with E-state index in [0.717, 1.165) is 28.3 Å². The Hall–Kier alpha value is -1.11. The van der Waals surface area contributed by atoms with E-state index in [0.29, 0.717) is 4.91 Å². The topological polar surface area (TPSA) is 41.9 Å². The van der Waals surface area contributed by atoms with Crippen LogP contribution in [0.2, 0.25) is 0 Å². The van der Waals surface area contributed by atoms with Gasteiger partial charge in [0.25, 0.3) is 5.91 Å². The van der Waals surface area contributed by atoms with Crippen LogP contribution in [0.3, 0.4) is 0 Å². The van der Waals surface area contributed by atoms with Gasteiger partial charge in [-0.1, -0.05) is 28.1 Å². The lowest BCUT2D eigenvalue weighted by molar-refractivity contribution is -0.113. The van der Waals surface area contributed by atoms with E-state index in [9.17, 15) is 4.79 Å². The van der Waals surface area contributed by atoms with Crippen LogP contribution in [0.25, 0.3) is 6.08 Å². The molecule has 2 unspecified atom stereocenters. The number of halogens is 1. The van der Waals surface area contributed by atoms with Gasteiger partial charge in [-0.2, -0.15) is 4.99 Å². The lowest BCUT2D eigenvalue weighted by atomic mass is 10.2. The number of amidine groups is 1. The standard InChI is InChI=1S/C16H17BrN2O2S/c1-10-8-19(9-11(2)21-10)16-18-15(20)14(22-16)7-12-4-3-5-13(17)6-12/h3-7,10-11H,8-9H2,1-2H3. The zero-order valence-electron chi connectivity index (χ0n) is 12.5. The highest BCUT2D eigenvalue weighted by atomic mass is 79.9. The van der Waals surface area contributed by atoms with Crippen LogP contribution < -0.4 is 0 Å². The van der Waals surface area contributed by atoms with Gasteiger partial charge in [0.05, 0.1) is 17.1 Å². The predicted molar refractivity (Wildman–Crippen MR) is 93.7 cm³/mol. The molecule has 0 aliphatic carbocycles. The van der Waals surface area contributed by atoms with Gasteiger partial charge in [0, 0.05) is 17.6 Å². The van der Waals surface area contributed by atoms with Crippen molar-refractivity contribution in [2.75, 3.05) is 13.1 Å². The number of hydrogen-bond donors (Lipinski definition) is 0. The van der Waals surface area contributed by atoms with Gasteiger partial charge in [0.2, 0.25) is 0 Å². The lowest BCUT2D eigenvalue weighted by Gasteiger charge is -2.35. The monoisotopic (exact) mass is 380 g/mol. The number of ether oxygens (including phenoxy) is 1. The Kier molecular flexibility index (Phi) is 4.70. The molecule has 1 fully saturated rings. The molecule has 3 rings (SSSR count). The van der Waals surface area contributed by atoms with E-state index in [4.69, 9.17) is 4.74 Å². The molecule has 0 bridgehead atoms. The Balaban J connectivity index is 1.76. The Labute approximate surface area is 142 Å². The number of benzene rings is 1. The van der Waals surface area contributed by atoms with E-state index in [1.165, 1.54) is 11.8 Å². The smallest absolute Gasteiger partial charge is 0.286 e. The van der Waals surface area contributed by atoms with Crippen molar-refractivity contribution in [3.63, 3.8) is 0 Å². The Morgan fingerprint density at radius 2 is 2.09 bits per heavy atom. The number of morpholine rings is 1. The minimum Gasteiger partial charge on any atom is -0.372 e. The second kappa shape index (κ2) is 6.56. The van der Waals surface area contributed by atoms with Crippen LogP contribution >= 0.6 is 27.7 Å². The van der Waals surface area contributed by atoms with E-state index in [1.54, 1.807) is 0 Å². The zero-order chi connectivity index (χ0) is 15.7. The fraction of sp³-hybridized carbons (Fsp3) is 0.375. The summed E-state index contributed by atoms with van der Waals surface area (Å²) in [6, 6.07) is 7.87. The highest BCUT2D eigenvalue weighted by molar-refractivity contribution is 9.10. The minimum atomic E-state index is -0.160. The molecule has 2 atom stereocenters. The van der Waals surface area contributed by atoms with Crippen LogP contribution in [0.5, 0.6) is 0 Å². The zero-order valence-corrected chi connectivity index (χ0v) is 14.9. The van der Waals surface area contributed by atoms with Gasteiger partial charge in [-0.25, -0.2) is 0 Å². The van der Waals surface area contributed by atoms with Crippen molar-refractivity contribution in [1.29, 1.82) is 0 Å². The van der Waals surface area contributed by atoms with Crippen molar-refractivity contribution in [2.45, 2.75) is 26.1 Å². The maximum atomic E-state index is 12.1. The minimum absolute atomic E-state index is 0.153. The third-order valence-corrected chi connectivity index (χ3v) is 4.98. The van der Waals surface area contributed by atoms with Crippen molar-refractivity contribution in [3.8, 4) is 0 Å². The first-order valence-electron chi connectivity index (χ1n) is 7.20. The molecule has 2 aliphatic heterocycles. The quantitative estimate of drug-likeness (QED) is 0.698. The first-order chi connectivity index (χ1) is 10.5. The summed E-state index contributed by atoms with van der Waals surface area (Å²) in [5.74, 6) is -0.160. The Morgan fingerprint density at radius 3 is 2.77 bits per heavy atom. The van der Waals surface area contributed by atoms with Gasteiger partial charge < -0.3 is 9.64 Å². The van der Waals surface area contributed by atoms with Crippen LogP contribution in [0, 0.1) is 0 Å². The van der Waals surface area contributed by atoms with E-state index < -0.39 is 0 Å². The fourth-order valence-electron chi connectivity index (χ4n) is 2.62. The molecule has 0 aromatic heterocycles. The van der Waals surface area contributed by atoms with Crippen molar-refractivity contribution < 1.29 is 9.53 Å². The average Bonchev–Trinajstić information content (AvgIpc) is 2.79. The molecule has 2 heterocycles. The number of nitrogens with zero attached hydrogens (tertiary/aromatic N) is 2. The Morgan fingerprint density at radius 1 is 1.36 bits per heavy atom. The first-order valence-corrected chi connectivity index (χ1v) is 8.81. The summed E-state index contributed by atoms with van der Waals surface area (Å²) in [5.41, 5.74) is 0.991. The molecule has 1 aromatic carbocycles. The lowest BCUT2D eigenvalue weighted by Crippen LogP contribution is -2.47. The maximum Gasteiger partial charge on any atom is 0.286 e. The summed E-state index contributed by atoms with van der Waals surface area (Å²) in [5, 5.41) is 0.785. The average molecular weight is 381 g/mol. The molecular formula is C16H17BrN2O2S. The number of aliphatic imine (C=N–C) groups is 1. The molecule has 1 aromatic rings. The summed E-state index contributed by atoms with van der Waals surface area (Å²) in [4.78, 5) is 19.2. The van der Waals surface area contributed by atoms with E-state index in [-0.39, 0.29) is 18.1 Å². The van der Waals surface area contributed by atoms with Gasteiger partial charge in [-0.15, -0.1) is 0 Å². The SMILES string of the molecule is CC1CN(C2=NC(=O)C(=Cc3cccc(Br)c3)S2)CC(C)O1. The Bertz CT molecular complexity index is 649. The van der Waals surface area contributed by atoms with Crippen LogP contribution in [0.1, 0.15) is 19.4 Å². The number of amides is 1. The van der Waals surface area contributed by atoms with Crippen molar-refractivity contribution in [2.24, 2.45) is 4.99 Å². The highest BCUT2D eigenvalue weighted by Gasteiger charge is 2.30. The van der Waals surface area contributed by atoms with Crippen LogP contribution in [-0.2, 0) is 9.53 Å². The van der Waals surface area contributed by atoms with E-state index in [2.05, 4.69) is 25.8 Å². The third kappa shape index (κ3) is 3.62. The van der Waals surface area contributed by atoms with Crippen LogP contribution in [-0.4, -0.2) is 41.3 Å². The predicted octanol–water partition coefficient (Wildman–Crippen LogP) is 3.53. The molecule has 4 nitrogen and oxygen atoms in total. The van der Waals surface area contributed by atoms with Gasteiger partial charge in [0.1, 0.15) is 0 Å². The molecule has 116 valence electrons. The number of hydrogen-bond acceptors (Lipinski definition) is 4. The molecular weight excluding hydrogens is 364 g/mol. The van der Waals surface area contributed by atoms with Crippen molar-refractivity contribution >= 4 is 44.8 Å². The van der Waals surface area contributed by atoms with Crippen LogP contribution in [0.4, 0.5) is 0 Å². The molecule has 1 amide bonds. The van der Waals surface area contributed by atoms with Gasteiger partial charge in [-0.05, 0) is 49.4 Å². The maximum absolute atomic E-state index is 12.1. The summed E-state index contributed by atoms with van der Waals surface area (Å²) in [6.45, 7) is 5.63. The second-order valence-corrected chi connectivity index (χ2v) is 7.45. The second-order valence-electron chi connectivity index (χ2n) is 5.53. The first kappa shape index (κ1) is 15.8. The normalized spacial score (nSPS) is 27.4. The summed E-state index contributed by atoms with van der Waals surface area (Å²) in [7, 11) is 0. The third-order valence-electron chi connectivity index (χ3n) is 3.45. The van der Waals surface area contributed by atoms with Gasteiger partial charge in [0.15, 0.2) is 5.17 Å². The molecule has 0 spiro atoms. The summed E-state index contributed by atoms with van der Waals surface area (Å²) >= 11 is 4.89. The number of thioether (sulfide) groups is 1. The number of rotatable bonds is 1.